The Hall–Kier alpha value is -3.42. The monoisotopic (exact) mass is 466 g/mol. The van der Waals surface area contributed by atoms with Crippen molar-refractivity contribution in [2.45, 2.75) is 46.6 Å². The largest absolute Gasteiger partial charge is 0.362 e. The number of nitro groups is 1. The van der Waals surface area contributed by atoms with E-state index in [0.29, 0.717) is 37.8 Å². The summed E-state index contributed by atoms with van der Waals surface area (Å²) >= 11 is 0. The van der Waals surface area contributed by atoms with E-state index in [9.17, 15) is 19.7 Å². The lowest BCUT2D eigenvalue weighted by atomic mass is 9.93. The van der Waals surface area contributed by atoms with Crippen LogP contribution in [0, 0.1) is 16.0 Å². The number of carbonyl (C=O) groups excluding carboxylic acids is 2. The van der Waals surface area contributed by atoms with E-state index < -0.39 is 4.92 Å². The zero-order valence-corrected chi connectivity index (χ0v) is 20.6. The lowest BCUT2D eigenvalue weighted by Gasteiger charge is -2.35. The number of piperazine rings is 1. The lowest BCUT2D eigenvalue weighted by molar-refractivity contribution is -0.384. The van der Waals surface area contributed by atoms with Gasteiger partial charge in [0.1, 0.15) is 5.69 Å². The van der Waals surface area contributed by atoms with Crippen LogP contribution in [-0.4, -0.2) is 47.8 Å². The average molecular weight is 467 g/mol. The number of hydrogen-bond donors (Lipinski definition) is 1. The van der Waals surface area contributed by atoms with Gasteiger partial charge in [-0.05, 0) is 35.1 Å². The normalized spacial score (nSPS) is 14.9. The number of anilines is 1. The number of amides is 2. The fourth-order valence-electron chi connectivity index (χ4n) is 4.29. The van der Waals surface area contributed by atoms with E-state index in [1.165, 1.54) is 18.6 Å². The minimum absolute atomic E-state index is 0.000258. The van der Waals surface area contributed by atoms with Crippen molar-refractivity contribution in [3.63, 3.8) is 0 Å². The van der Waals surface area contributed by atoms with Gasteiger partial charge in [-0.1, -0.05) is 52.0 Å². The molecule has 0 spiro atoms. The molecule has 0 aromatic heterocycles. The van der Waals surface area contributed by atoms with Crippen molar-refractivity contribution < 1.29 is 14.5 Å². The van der Waals surface area contributed by atoms with Crippen molar-refractivity contribution >= 4 is 23.2 Å². The van der Waals surface area contributed by atoms with Crippen LogP contribution < -0.4 is 10.2 Å². The van der Waals surface area contributed by atoms with E-state index in [2.05, 4.69) is 31.3 Å². The highest BCUT2D eigenvalue weighted by Crippen LogP contribution is 2.31. The predicted octanol–water partition coefficient (Wildman–Crippen LogP) is 4.51. The second-order valence-corrected chi connectivity index (χ2v) is 9.47. The maximum absolute atomic E-state index is 13.1. The van der Waals surface area contributed by atoms with E-state index in [4.69, 9.17) is 0 Å². The molecule has 3 rings (SSSR count). The van der Waals surface area contributed by atoms with Crippen LogP contribution in [0.4, 0.5) is 11.4 Å². The molecule has 2 amide bonds. The molecule has 2 aromatic rings. The Kier molecular flexibility index (Phi) is 7.91. The molecule has 1 heterocycles. The molecule has 1 atom stereocenters. The molecule has 1 N–H and O–H groups in total. The van der Waals surface area contributed by atoms with Crippen LogP contribution in [-0.2, 0) is 4.79 Å². The first kappa shape index (κ1) is 25.2. The highest BCUT2D eigenvalue weighted by molar-refractivity contribution is 5.96. The first-order valence-electron chi connectivity index (χ1n) is 11.8. The van der Waals surface area contributed by atoms with Gasteiger partial charge in [-0.25, -0.2) is 0 Å². The van der Waals surface area contributed by atoms with Crippen molar-refractivity contribution in [3.8, 4) is 0 Å². The molecular formula is C26H34N4O4. The molecule has 8 heteroatoms. The van der Waals surface area contributed by atoms with E-state index in [0.717, 1.165) is 5.56 Å². The average Bonchev–Trinajstić information content (AvgIpc) is 2.81. The Balaban J connectivity index is 1.80. The van der Waals surface area contributed by atoms with Crippen molar-refractivity contribution in [2.24, 2.45) is 5.92 Å². The van der Waals surface area contributed by atoms with Gasteiger partial charge < -0.3 is 15.1 Å². The summed E-state index contributed by atoms with van der Waals surface area (Å²) in [5.74, 6) is 0.216. The van der Waals surface area contributed by atoms with Crippen molar-refractivity contribution in [1.29, 1.82) is 0 Å². The summed E-state index contributed by atoms with van der Waals surface area (Å²) in [7, 11) is 0. The molecule has 182 valence electrons. The number of nitrogens with one attached hydrogen (secondary N) is 1. The smallest absolute Gasteiger partial charge is 0.293 e. The van der Waals surface area contributed by atoms with E-state index in [1.807, 2.05) is 30.9 Å². The Morgan fingerprint density at radius 1 is 0.941 bits per heavy atom. The molecular weight excluding hydrogens is 432 g/mol. The first-order valence-corrected chi connectivity index (χ1v) is 11.8. The zero-order chi connectivity index (χ0) is 25.0. The van der Waals surface area contributed by atoms with Gasteiger partial charge in [-0.3, -0.25) is 19.7 Å². The molecule has 34 heavy (non-hydrogen) atoms. The highest BCUT2D eigenvalue weighted by Gasteiger charge is 2.27. The summed E-state index contributed by atoms with van der Waals surface area (Å²) in [6.45, 7) is 11.9. The molecule has 0 radical (unpaired) electrons. The lowest BCUT2D eigenvalue weighted by Crippen LogP contribution is -2.48. The number of nitrogens with zero attached hydrogens (tertiary/aromatic N) is 3. The fourth-order valence-corrected chi connectivity index (χ4v) is 4.29. The summed E-state index contributed by atoms with van der Waals surface area (Å²) in [6.07, 6.45) is 0. The summed E-state index contributed by atoms with van der Waals surface area (Å²) in [5, 5.41) is 14.9. The molecule has 2 aromatic carbocycles. The first-order chi connectivity index (χ1) is 16.1. The fraction of sp³-hybridized carbons (Fsp3) is 0.462. The summed E-state index contributed by atoms with van der Waals surface area (Å²) in [4.78, 5) is 39.7. The van der Waals surface area contributed by atoms with Gasteiger partial charge in [0.2, 0.25) is 5.91 Å². The van der Waals surface area contributed by atoms with E-state index >= 15 is 0 Å². The van der Waals surface area contributed by atoms with Gasteiger partial charge >= 0.3 is 0 Å². The Morgan fingerprint density at radius 3 is 2.03 bits per heavy atom. The van der Waals surface area contributed by atoms with Gasteiger partial charge in [0.15, 0.2) is 0 Å². The minimum Gasteiger partial charge on any atom is -0.362 e. The van der Waals surface area contributed by atoms with Crippen LogP contribution >= 0.6 is 0 Å². The summed E-state index contributed by atoms with van der Waals surface area (Å²) < 4.78 is 0. The molecule has 0 aliphatic carbocycles. The second kappa shape index (κ2) is 10.7. The SMILES string of the molecule is CC(=O)N1CCN(c2ccc(C(=O)NC(c3ccc(C(C)C)cc3)C(C)C)cc2[N+](=O)[O-])CC1. The molecule has 0 saturated carbocycles. The van der Waals surface area contributed by atoms with Gasteiger partial charge in [-0.2, -0.15) is 0 Å². The van der Waals surface area contributed by atoms with Crippen LogP contribution in [0.15, 0.2) is 42.5 Å². The van der Waals surface area contributed by atoms with Crippen molar-refractivity contribution in [1.82, 2.24) is 10.2 Å². The van der Waals surface area contributed by atoms with E-state index in [-0.39, 0.29) is 35.0 Å². The minimum atomic E-state index is -0.450. The predicted molar refractivity (Wildman–Crippen MR) is 133 cm³/mol. The second-order valence-electron chi connectivity index (χ2n) is 9.47. The Morgan fingerprint density at radius 2 is 1.53 bits per heavy atom. The van der Waals surface area contributed by atoms with Crippen LogP contribution in [0.3, 0.4) is 0 Å². The van der Waals surface area contributed by atoms with E-state index in [1.54, 1.807) is 17.0 Å². The van der Waals surface area contributed by atoms with Crippen molar-refractivity contribution in [3.05, 3.63) is 69.3 Å². The van der Waals surface area contributed by atoms with Crippen LogP contribution in [0.25, 0.3) is 0 Å². The topological polar surface area (TPSA) is 95.8 Å². The van der Waals surface area contributed by atoms with Gasteiger partial charge in [0, 0.05) is 44.7 Å². The van der Waals surface area contributed by atoms with Gasteiger partial charge in [-0.15, -0.1) is 0 Å². The number of benzene rings is 2. The summed E-state index contributed by atoms with van der Waals surface area (Å²) in [5.41, 5.74) is 2.85. The molecule has 1 aliphatic heterocycles. The number of nitro benzene ring substituents is 1. The number of hydrogen-bond acceptors (Lipinski definition) is 5. The number of carbonyl (C=O) groups is 2. The molecule has 1 fully saturated rings. The third kappa shape index (κ3) is 5.73. The van der Waals surface area contributed by atoms with Crippen molar-refractivity contribution in [2.75, 3.05) is 31.1 Å². The Labute approximate surface area is 201 Å². The zero-order valence-electron chi connectivity index (χ0n) is 20.6. The Bertz CT molecular complexity index is 1040. The highest BCUT2D eigenvalue weighted by atomic mass is 16.6. The molecule has 8 nitrogen and oxygen atoms in total. The quantitative estimate of drug-likeness (QED) is 0.478. The molecule has 1 unspecified atom stereocenters. The molecule has 1 aliphatic rings. The third-order valence-corrected chi connectivity index (χ3v) is 6.42. The number of rotatable bonds is 7. The summed E-state index contributed by atoms with van der Waals surface area (Å²) in [6, 6.07) is 12.6. The van der Waals surface area contributed by atoms with Gasteiger partial charge in [0.25, 0.3) is 11.6 Å². The standard InChI is InChI=1S/C26H34N4O4/c1-17(2)20-6-8-21(9-7-20)25(18(3)4)27-26(32)22-10-11-23(24(16-22)30(33)34)29-14-12-28(13-15-29)19(5)31/h6-11,16-18,25H,12-15H2,1-5H3,(H,27,32). The maximum Gasteiger partial charge on any atom is 0.293 e. The van der Waals surface area contributed by atoms with Crippen LogP contribution in [0.1, 0.15) is 68.1 Å². The molecule has 1 saturated heterocycles. The maximum atomic E-state index is 13.1. The molecule has 0 bridgehead atoms. The van der Waals surface area contributed by atoms with Crippen LogP contribution in [0.2, 0.25) is 0 Å². The third-order valence-electron chi connectivity index (χ3n) is 6.42. The van der Waals surface area contributed by atoms with Crippen LogP contribution in [0.5, 0.6) is 0 Å². The van der Waals surface area contributed by atoms with Gasteiger partial charge in [0.05, 0.1) is 11.0 Å².